The molecule has 0 unspecified atom stereocenters. The molecule has 3 amide bonds. The first-order chi connectivity index (χ1) is 16.4. The lowest BCUT2D eigenvalue weighted by Crippen LogP contribution is -2.52. The van der Waals surface area contributed by atoms with E-state index in [9.17, 15) is 49.1 Å². The highest BCUT2D eigenvalue weighted by Gasteiger charge is 2.60. The van der Waals surface area contributed by atoms with Gasteiger partial charge in [-0.2, -0.15) is 26.3 Å². The summed E-state index contributed by atoms with van der Waals surface area (Å²) < 4.78 is 105. The molecule has 1 saturated heterocycles. The quantitative estimate of drug-likeness (QED) is 0.325. The van der Waals surface area contributed by atoms with E-state index in [-0.39, 0.29) is 4.90 Å². The SMILES string of the molecule is Cc1cnccc1CN1C(=O)N(c2ccc(S(=O)(=O)C(F)(F)F)cc2)C(=O)[C@@]1(C)OC(=O)C(F)(F)F. The summed E-state index contributed by atoms with van der Waals surface area (Å²) in [5, 5.41) is 0. The fraction of sp³-hybridized carbons (Fsp3) is 0.300. The van der Waals surface area contributed by atoms with Crippen LogP contribution in [0, 0.1) is 6.92 Å². The van der Waals surface area contributed by atoms with Gasteiger partial charge in [0.25, 0.3) is 15.6 Å². The maximum Gasteiger partial charge on any atom is 0.501 e. The zero-order valence-corrected chi connectivity index (χ0v) is 19.0. The van der Waals surface area contributed by atoms with Crippen LogP contribution in [0.3, 0.4) is 0 Å². The van der Waals surface area contributed by atoms with E-state index in [0.29, 0.717) is 40.3 Å². The molecular weight excluding hydrogens is 524 g/mol. The largest absolute Gasteiger partial charge is 0.501 e. The molecule has 1 atom stereocenters. The Labute approximate surface area is 199 Å². The maximum absolute atomic E-state index is 13.2. The summed E-state index contributed by atoms with van der Waals surface area (Å²) in [4.78, 5) is 41.3. The van der Waals surface area contributed by atoms with Crippen molar-refractivity contribution in [2.45, 2.75) is 42.7 Å². The molecule has 3 rings (SSSR count). The number of aromatic nitrogens is 1. The molecular formula is C20H15F6N3O6S. The van der Waals surface area contributed by atoms with Crippen LogP contribution in [0.15, 0.2) is 47.6 Å². The number of rotatable bonds is 5. The normalized spacial score (nSPS) is 19.1. The van der Waals surface area contributed by atoms with Crippen molar-refractivity contribution in [3.63, 3.8) is 0 Å². The number of anilines is 1. The molecule has 0 spiro atoms. The topological polar surface area (TPSA) is 114 Å². The molecule has 0 saturated carbocycles. The van der Waals surface area contributed by atoms with E-state index < -0.39 is 62.3 Å². The number of pyridine rings is 1. The van der Waals surface area contributed by atoms with E-state index in [1.165, 1.54) is 18.5 Å². The Kier molecular flexibility index (Phi) is 6.55. The van der Waals surface area contributed by atoms with E-state index in [4.69, 9.17) is 0 Å². The molecule has 2 heterocycles. The van der Waals surface area contributed by atoms with Crippen molar-refractivity contribution in [1.29, 1.82) is 0 Å². The molecule has 0 bridgehead atoms. The van der Waals surface area contributed by atoms with Crippen LogP contribution < -0.4 is 4.90 Å². The molecule has 1 aromatic heterocycles. The Morgan fingerprint density at radius 1 is 1.06 bits per heavy atom. The van der Waals surface area contributed by atoms with Gasteiger partial charge in [-0.15, -0.1) is 0 Å². The molecule has 0 radical (unpaired) electrons. The average molecular weight is 539 g/mol. The summed E-state index contributed by atoms with van der Waals surface area (Å²) in [6.45, 7) is 1.79. The molecule has 1 fully saturated rings. The minimum Gasteiger partial charge on any atom is -0.423 e. The number of hydrogen-bond acceptors (Lipinski definition) is 7. The lowest BCUT2D eigenvalue weighted by atomic mass is 10.1. The van der Waals surface area contributed by atoms with E-state index in [0.717, 1.165) is 6.92 Å². The maximum atomic E-state index is 13.2. The number of esters is 1. The number of halogens is 6. The van der Waals surface area contributed by atoms with Gasteiger partial charge in [0, 0.05) is 19.3 Å². The van der Waals surface area contributed by atoms with Gasteiger partial charge in [-0.3, -0.25) is 14.7 Å². The van der Waals surface area contributed by atoms with Gasteiger partial charge in [0.1, 0.15) is 0 Å². The predicted octanol–water partition coefficient (Wildman–Crippen LogP) is 3.47. The average Bonchev–Trinajstić information content (AvgIpc) is 2.94. The number of ether oxygens (including phenoxy) is 1. The molecule has 9 nitrogen and oxygen atoms in total. The lowest BCUT2D eigenvalue weighted by Gasteiger charge is -2.31. The zero-order chi connectivity index (χ0) is 27.3. The van der Waals surface area contributed by atoms with Crippen LogP contribution in [0.4, 0.5) is 36.8 Å². The van der Waals surface area contributed by atoms with Crippen LogP contribution in [-0.4, -0.2) is 53.6 Å². The first-order valence-electron chi connectivity index (χ1n) is 9.68. The van der Waals surface area contributed by atoms with Gasteiger partial charge in [-0.1, -0.05) is 0 Å². The molecule has 0 N–H and O–H groups in total. The summed E-state index contributed by atoms with van der Waals surface area (Å²) in [6, 6.07) is 2.42. The van der Waals surface area contributed by atoms with E-state index in [2.05, 4.69) is 9.72 Å². The monoisotopic (exact) mass is 539 g/mol. The Balaban J connectivity index is 2.06. The van der Waals surface area contributed by atoms with Crippen molar-refractivity contribution in [3.05, 3.63) is 53.9 Å². The zero-order valence-electron chi connectivity index (χ0n) is 18.2. The standard InChI is InChI=1S/C20H15F6N3O6S/c1-11-9-27-8-7-12(11)10-28-17(32)29(15(30)18(28,2)35-16(31)19(21,22)23)13-3-5-14(6-4-13)36(33,34)20(24,25)26/h3-9H,10H2,1-2H3/t18-/m1/s1. The van der Waals surface area contributed by atoms with Crippen LogP contribution in [-0.2, 0) is 30.7 Å². The smallest absolute Gasteiger partial charge is 0.423 e. The van der Waals surface area contributed by atoms with E-state index >= 15 is 0 Å². The highest BCUT2D eigenvalue weighted by Crippen LogP contribution is 2.37. The number of aryl methyl sites for hydroxylation is 1. The van der Waals surface area contributed by atoms with Crippen LogP contribution in [0.2, 0.25) is 0 Å². The minimum absolute atomic E-state index is 0.268. The Morgan fingerprint density at radius 2 is 1.64 bits per heavy atom. The molecule has 2 aromatic rings. The fourth-order valence-electron chi connectivity index (χ4n) is 3.25. The summed E-state index contributed by atoms with van der Waals surface area (Å²) in [6.07, 6.45) is -2.85. The number of imide groups is 1. The van der Waals surface area contributed by atoms with Crippen LogP contribution in [0.5, 0.6) is 0 Å². The third-order valence-corrected chi connectivity index (χ3v) is 6.74. The van der Waals surface area contributed by atoms with Crippen LogP contribution >= 0.6 is 0 Å². The van der Waals surface area contributed by atoms with Crippen molar-refractivity contribution in [2.75, 3.05) is 4.90 Å². The Bertz CT molecular complexity index is 1330. The van der Waals surface area contributed by atoms with Crippen molar-refractivity contribution in [3.8, 4) is 0 Å². The second kappa shape index (κ2) is 8.76. The molecule has 1 aromatic carbocycles. The molecule has 1 aliphatic heterocycles. The highest BCUT2D eigenvalue weighted by atomic mass is 32.2. The number of urea groups is 1. The van der Waals surface area contributed by atoms with Gasteiger partial charge >= 0.3 is 29.6 Å². The molecule has 0 aliphatic carbocycles. The van der Waals surface area contributed by atoms with Gasteiger partial charge in [0.05, 0.1) is 17.1 Å². The van der Waals surface area contributed by atoms with Crippen molar-refractivity contribution in [1.82, 2.24) is 9.88 Å². The van der Waals surface area contributed by atoms with Crippen molar-refractivity contribution in [2.24, 2.45) is 0 Å². The first kappa shape index (κ1) is 26.9. The number of hydrogen-bond donors (Lipinski definition) is 0. The second-order valence-corrected chi connectivity index (χ2v) is 9.57. The fourth-order valence-corrected chi connectivity index (χ4v) is 4.02. The van der Waals surface area contributed by atoms with Gasteiger partial charge in [0.2, 0.25) is 0 Å². The van der Waals surface area contributed by atoms with E-state index in [1.54, 1.807) is 6.92 Å². The molecule has 36 heavy (non-hydrogen) atoms. The molecule has 194 valence electrons. The second-order valence-electron chi connectivity index (χ2n) is 7.62. The predicted molar refractivity (Wildman–Crippen MR) is 108 cm³/mol. The lowest BCUT2D eigenvalue weighted by molar-refractivity contribution is -0.221. The number of amides is 3. The Morgan fingerprint density at radius 3 is 2.14 bits per heavy atom. The molecule has 16 heteroatoms. The summed E-state index contributed by atoms with van der Waals surface area (Å²) >= 11 is 0. The first-order valence-corrected chi connectivity index (χ1v) is 11.2. The van der Waals surface area contributed by atoms with Gasteiger partial charge in [-0.05, 0) is 48.4 Å². The number of carbonyl (C=O) groups is 3. The van der Waals surface area contributed by atoms with Crippen LogP contribution in [0.1, 0.15) is 18.1 Å². The van der Waals surface area contributed by atoms with Gasteiger partial charge in [-0.25, -0.2) is 22.9 Å². The van der Waals surface area contributed by atoms with Gasteiger partial charge in [0.15, 0.2) is 0 Å². The third-order valence-electron chi connectivity index (χ3n) is 5.23. The summed E-state index contributed by atoms with van der Waals surface area (Å²) in [7, 11) is -5.75. The number of carbonyl (C=O) groups excluding carboxylic acids is 3. The van der Waals surface area contributed by atoms with Gasteiger partial charge < -0.3 is 4.74 Å². The number of nitrogens with zero attached hydrogens (tertiary/aromatic N) is 3. The van der Waals surface area contributed by atoms with Crippen molar-refractivity contribution < 1.29 is 53.9 Å². The summed E-state index contributed by atoms with van der Waals surface area (Å²) in [5.74, 6) is -4.24. The highest BCUT2D eigenvalue weighted by molar-refractivity contribution is 7.92. The third kappa shape index (κ3) is 4.59. The number of alkyl halides is 6. The van der Waals surface area contributed by atoms with Crippen LogP contribution in [0.25, 0.3) is 0 Å². The van der Waals surface area contributed by atoms with E-state index in [1.807, 2.05) is 0 Å². The number of benzene rings is 1. The minimum atomic E-state index is -5.75. The Hall–Kier alpha value is -3.69. The van der Waals surface area contributed by atoms with Crippen molar-refractivity contribution >= 4 is 33.4 Å². The summed E-state index contributed by atoms with van der Waals surface area (Å²) in [5.41, 5.74) is -8.11. The molecule has 1 aliphatic rings. The number of sulfone groups is 1.